The van der Waals surface area contributed by atoms with Crippen LogP contribution in [0.3, 0.4) is 0 Å². The minimum Gasteiger partial charge on any atom is -0.234 e. The minimum absolute atomic E-state index is 0.208. The Morgan fingerprint density at radius 3 is 3.09 bits per heavy atom. The molecule has 0 amide bonds. The molecule has 0 spiro atoms. The fourth-order valence-electron chi connectivity index (χ4n) is 0.647. The average Bonchev–Trinajstić information content (AvgIpc) is 1.99. The monoisotopic (exact) mass is 152 g/mol. The lowest BCUT2D eigenvalue weighted by atomic mass is 10.3. The molecule has 1 heterocycles. The van der Waals surface area contributed by atoms with Gasteiger partial charge < -0.3 is 0 Å². The summed E-state index contributed by atoms with van der Waals surface area (Å²) in [6, 6.07) is 1.50. The van der Waals surface area contributed by atoms with E-state index in [0.717, 1.165) is 0 Å². The molecular weight excluding hydrogens is 147 g/mol. The molecule has 4 heteroatoms. The van der Waals surface area contributed by atoms with E-state index in [1.165, 1.54) is 18.3 Å². The number of isocyanates is 1. The zero-order chi connectivity index (χ0) is 8.27. The van der Waals surface area contributed by atoms with Gasteiger partial charge in [-0.2, -0.15) is 0 Å². The molecule has 0 aliphatic rings. The van der Waals surface area contributed by atoms with Gasteiger partial charge in [0.25, 0.3) is 0 Å². The van der Waals surface area contributed by atoms with Crippen LogP contribution in [0.15, 0.2) is 17.3 Å². The van der Waals surface area contributed by atoms with Gasteiger partial charge in [0.2, 0.25) is 11.9 Å². The van der Waals surface area contributed by atoms with Crippen LogP contribution < -0.4 is 0 Å². The highest BCUT2D eigenvalue weighted by Gasteiger charge is 2.03. The third-order valence-corrected chi connectivity index (χ3v) is 1.22. The maximum absolute atomic E-state index is 12.9. The Morgan fingerprint density at radius 2 is 2.45 bits per heavy atom. The normalized spacial score (nSPS) is 8.91. The van der Waals surface area contributed by atoms with E-state index in [1.54, 1.807) is 6.92 Å². The standard InChI is InChI=1S/C7H5FN2O/c1-5-2-3-9-7(6(5)8)10-4-11/h2-3H,1H3. The predicted molar refractivity (Wildman–Crippen MR) is 36.7 cm³/mol. The Hall–Kier alpha value is -1.54. The van der Waals surface area contributed by atoms with E-state index < -0.39 is 5.82 Å². The van der Waals surface area contributed by atoms with Crippen LogP contribution >= 0.6 is 0 Å². The maximum atomic E-state index is 12.9. The number of hydrogen-bond donors (Lipinski definition) is 0. The highest BCUT2D eigenvalue weighted by atomic mass is 19.1. The highest BCUT2D eigenvalue weighted by molar-refractivity contribution is 5.45. The van der Waals surface area contributed by atoms with Crippen LogP contribution in [0.4, 0.5) is 10.2 Å². The molecule has 0 aromatic carbocycles. The molecule has 11 heavy (non-hydrogen) atoms. The smallest absolute Gasteiger partial charge is 0.234 e. The molecule has 0 saturated carbocycles. The van der Waals surface area contributed by atoms with Crippen LogP contribution in [0.25, 0.3) is 0 Å². The third-order valence-electron chi connectivity index (χ3n) is 1.22. The average molecular weight is 152 g/mol. The van der Waals surface area contributed by atoms with Gasteiger partial charge in [0, 0.05) is 6.20 Å². The largest absolute Gasteiger partial charge is 0.242 e. The van der Waals surface area contributed by atoms with E-state index in [2.05, 4.69) is 9.98 Å². The minimum atomic E-state index is -0.573. The van der Waals surface area contributed by atoms with Gasteiger partial charge in [-0.3, -0.25) is 0 Å². The van der Waals surface area contributed by atoms with Gasteiger partial charge in [-0.15, -0.1) is 4.99 Å². The van der Waals surface area contributed by atoms with Crippen molar-refractivity contribution in [1.29, 1.82) is 0 Å². The summed E-state index contributed by atoms with van der Waals surface area (Å²) < 4.78 is 12.9. The van der Waals surface area contributed by atoms with Crippen molar-refractivity contribution in [2.75, 3.05) is 0 Å². The lowest BCUT2D eigenvalue weighted by molar-refractivity contribution is 0.563. The quantitative estimate of drug-likeness (QED) is 0.452. The van der Waals surface area contributed by atoms with Crippen molar-refractivity contribution >= 4 is 11.9 Å². The second kappa shape index (κ2) is 3.03. The summed E-state index contributed by atoms with van der Waals surface area (Å²) >= 11 is 0. The summed E-state index contributed by atoms with van der Waals surface area (Å²) in [7, 11) is 0. The fraction of sp³-hybridized carbons (Fsp3) is 0.143. The highest BCUT2D eigenvalue weighted by Crippen LogP contribution is 2.15. The van der Waals surface area contributed by atoms with Gasteiger partial charge in [0.15, 0.2) is 5.82 Å². The predicted octanol–water partition coefficient (Wildman–Crippen LogP) is 1.50. The molecule has 0 saturated heterocycles. The van der Waals surface area contributed by atoms with E-state index in [1.807, 2.05) is 0 Å². The van der Waals surface area contributed by atoms with Crippen molar-refractivity contribution < 1.29 is 9.18 Å². The van der Waals surface area contributed by atoms with E-state index in [-0.39, 0.29) is 5.82 Å². The molecule has 0 fully saturated rings. The van der Waals surface area contributed by atoms with Crippen LogP contribution in [0.1, 0.15) is 5.56 Å². The molecule has 0 bridgehead atoms. The van der Waals surface area contributed by atoms with Crippen LogP contribution in [0.5, 0.6) is 0 Å². The van der Waals surface area contributed by atoms with Crippen molar-refractivity contribution in [1.82, 2.24) is 4.98 Å². The molecule has 1 rings (SSSR count). The molecule has 0 atom stereocenters. The zero-order valence-electron chi connectivity index (χ0n) is 5.84. The van der Waals surface area contributed by atoms with E-state index in [0.29, 0.717) is 5.56 Å². The lowest BCUT2D eigenvalue weighted by Gasteiger charge is -1.94. The van der Waals surface area contributed by atoms with Crippen LogP contribution in [-0.4, -0.2) is 11.1 Å². The van der Waals surface area contributed by atoms with Crippen molar-refractivity contribution in [3.63, 3.8) is 0 Å². The first-order valence-corrected chi connectivity index (χ1v) is 2.94. The molecule has 1 aromatic rings. The summed E-state index contributed by atoms with van der Waals surface area (Å²) in [5, 5.41) is 0. The van der Waals surface area contributed by atoms with Crippen molar-refractivity contribution in [3.8, 4) is 0 Å². The first kappa shape index (κ1) is 7.57. The third kappa shape index (κ3) is 1.48. The van der Waals surface area contributed by atoms with Crippen molar-refractivity contribution in [2.45, 2.75) is 6.92 Å². The number of rotatable bonds is 1. The second-order valence-electron chi connectivity index (χ2n) is 1.97. The van der Waals surface area contributed by atoms with Crippen LogP contribution in [-0.2, 0) is 4.79 Å². The number of carbonyl (C=O) groups excluding carboxylic acids is 1. The number of aliphatic imine (C=N–C) groups is 1. The number of aromatic nitrogens is 1. The summed E-state index contributed by atoms with van der Waals surface area (Å²) in [6.07, 6.45) is 2.61. The molecule has 0 aliphatic heterocycles. The Labute approximate surface area is 62.6 Å². The van der Waals surface area contributed by atoms with Crippen molar-refractivity contribution in [3.05, 3.63) is 23.6 Å². The number of halogens is 1. The molecule has 0 unspecified atom stereocenters. The molecule has 1 aromatic heterocycles. The second-order valence-corrected chi connectivity index (χ2v) is 1.97. The summed E-state index contributed by atoms with van der Waals surface area (Å²) in [6.45, 7) is 1.57. The molecule has 0 N–H and O–H groups in total. The topological polar surface area (TPSA) is 42.3 Å². The molecular formula is C7H5FN2O. The Bertz CT molecular complexity index is 318. The lowest BCUT2D eigenvalue weighted by Crippen LogP contribution is -1.84. The first-order chi connectivity index (χ1) is 5.25. The Morgan fingerprint density at radius 1 is 1.73 bits per heavy atom. The van der Waals surface area contributed by atoms with Gasteiger partial charge in [-0.1, -0.05) is 0 Å². The van der Waals surface area contributed by atoms with E-state index in [9.17, 15) is 9.18 Å². The van der Waals surface area contributed by atoms with E-state index >= 15 is 0 Å². The number of hydrogen-bond acceptors (Lipinski definition) is 3. The first-order valence-electron chi connectivity index (χ1n) is 2.94. The molecule has 0 aliphatic carbocycles. The van der Waals surface area contributed by atoms with Crippen LogP contribution in [0, 0.1) is 12.7 Å². The van der Waals surface area contributed by atoms with E-state index in [4.69, 9.17) is 0 Å². The number of pyridine rings is 1. The fourth-order valence-corrected chi connectivity index (χ4v) is 0.647. The summed E-state index contributed by atoms with van der Waals surface area (Å²) in [5.74, 6) is -0.782. The molecule has 56 valence electrons. The molecule has 3 nitrogen and oxygen atoms in total. The summed E-state index contributed by atoms with van der Waals surface area (Å²) in [5.41, 5.74) is 0.411. The number of nitrogens with zero attached hydrogens (tertiary/aromatic N) is 2. The SMILES string of the molecule is Cc1ccnc(N=C=O)c1F. The van der Waals surface area contributed by atoms with Crippen molar-refractivity contribution in [2.24, 2.45) is 4.99 Å². The van der Waals surface area contributed by atoms with Gasteiger partial charge in [-0.25, -0.2) is 14.2 Å². The Kier molecular flexibility index (Phi) is 2.09. The number of aryl methyl sites for hydroxylation is 1. The van der Waals surface area contributed by atoms with Gasteiger partial charge >= 0.3 is 0 Å². The van der Waals surface area contributed by atoms with Gasteiger partial charge in [0.1, 0.15) is 0 Å². The van der Waals surface area contributed by atoms with Crippen LogP contribution in [0.2, 0.25) is 0 Å². The Balaban J connectivity index is 3.26. The molecule has 0 radical (unpaired) electrons. The maximum Gasteiger partial charge on any atom is 0.242 e. The van der Waals surface area contributed by atoms with Gasteiger partial charge in [0.05, 0.1) is 0 Å². The van der Waals surface area contributed by atoms with Gasteiger partial charge in [-0.05, 0) is 18.6 Å². The zero-order valence-corrected chi connectivity index (χ0v) is 5.84. The summed E-state index contributed by atoms with van der Waals surface area (Å²) in [4.78, 5) is 16.3.